The molecule has 2 unspecified atom stereocenters. The number of sulfone groups is 1. The molecule has 194 valence electrons. The molecular formula is C29H42O5S. The minimum absolute atomic E-state index is 0.177. The zero-order valence-corrected chi connectivity index (χ0v) is 23.2. The van der Waals surface area contributed by atoms with Gasteiger partial charge in [-0.1, -0.05) is 54.3 Å². The molecule has 1 N–H and O–H groups in total. The highest BCUT2D eigenvalue weighted by Crippen LogP contribution is 2.46. The first-order valence-corrected chi connectivity index (χ1v) is 13.9. The molecule has 0 spiro atoms. The molecule has 0 aliphatic heterocycles. The number of esters is 1. The third-order valence-corrected chi connectivity index (χ3v) is 8.90. The SMILES string of the molecule is CC(=O)OC/C=C(\C)CC(O)/C=C(\C)CC(C1=C(C)CCCC1(C)C)S(=O)(=O)c1ccc(C)cc1. The molecule has 1 aromatic rings. The Labute approximate surface area is 211 Å². The minimum atomic E-state index is -3.64. The fourth-order valence-electron chi connectivity index (χ4n) is 5.07. The third kappa shape index (κ3) is 8.18. The van der Waals surface area contributed by atoms with Crippen molar-refractivity contribution in [3.8, 4) is 0 Å². The number of aryl methyl sites for hydroxylation is 1. The van der Waals surface area contributed by atoms with Crippen molar-refractivity contribution in [2.75, 3.05) is 6.61 Å². The maximum absolute atomic E-state index is 14.0. The summed E-state index contributed by atoms with van der Waals surface area (Å²) in [6, 6.07) is 7.09. The number of carbonyl (C=O) groups is 1. The lowest BCUT2D eigenvalue weighted by molar-refractivity contribution is -0.139. The first-order valence-electron chi connectivity index (χ1n) is 12.4. The van der Waals surface area contributed by atoms with E-state index in [9.17, 15) is 18.3 Å². The van der Waals surface area contributed by atoms with Crippen LogP contribution >= 0.6 is 0 Å². The number of benzene rings is 1. The van der Waals surface area contributed by atoms with Crippen LogP contribution in [-0.4, -0.2) is 37.5 Å². The standard InChI is InChI=1S/C29H42O5S/c1-20-10-12-26(13-11-20)35(32,33)27(28-23(4)9-8-15-29(28,6)7)19-22(3)18-25(31)17-21(2)14-16-34-24(5)30/h10-14,18,25,27,31H,8-9,15-17,19H2,1-7H3/b21-14+,22-18+. The summed E-state index contributed by atoms with van der Waals surface area (Å²) >= 11 is 0. The van der Waals surface area contributed by atoms with E-state index in [4.69, 9.17) is 4.74 Å². The van der Waals surface area contributed by atoms with Crippen molar-refractivity contribution in [3.05, 3.63) is 64.3 Å². The van der Waals surface area contributed by atoms with Gasteiger partial charge in [0.25, 0.3) is 0 Å². The van der Waals surface area contributed by atoms with Gasteiger partial charge < -0.3 is 9.84 Å². The molecule has 2 rings (SSSR count). The quantitative estimate of drug-likeness (QED) is 0.302. The number of allylic oxidation sites excluding steroid dienone is 2. The molecule has 0 bridgehead atoms. The van der Waals surface area contributed by atoms with E-state index < -0.39 is 21.2 Å². The molecule has 0 heterocycles. The third-order valence-electron chi connectivity index (χ3n) is 6.82. The van der Waals surface area contributed by atoms with Crippen molar-refractivity contribution in [2.45, 2.75) is 96.8 Å². The monoisotopic (exact) mass is 502 g/mol. The first-order chi connectivity index (χ1) is 16.2. The molecular weight excluding hydrogens is 460 g/mol. The summed E-state index contributed by atoms with van der Waals surface area (Å²) in [4.78, 5) is 11.3. The summed E-state index contributed by atoms with van der Waals surface area (Å²) in [7, 11) is -3.64. The molecule has 0 radical (unpaired) electrons. The molecule has 5 nitrogen and oxygen atoms in total. The van der Waals surface area contributed by atoms with Crippen molar-refractivity contribution in [2.24, 2.45) is 5.41 Å². The highest BCUT2D eigenvalue weighted by molar-refractivity contribution is 7.92. The van der Waals surface area contributed by atoms with Crippen LogP contribution in [0.5, 0.6) is 0 Å². The van der Waals surface area contributed by atoms with Gasteiger partial charge in [0.05, 0.1) is 16.2 Å². The molecule has 1 aliphatic rings. The van der Waals surface area contributed by atoms with E-state index >= 15 is 0 Å². The molecule has 0 fully saturated rings. The van der Waals surface area contributed by atoms with Crippen LogP contribution in [0.3, 0.4) is 0 Å². The highest BCUT2D eigenvalue weighted by Gasteiger charge is 2.40. The summed E-state index contributed by atoms with van der Waals surface area (Å²) < 4.78 is 32.9. The smallest absolute Gasteiger partial charge is 0.302 e. The van der Waals surface area contributed by atoms with Gasteiger partial charge in [0.2, 0.25) is 0 Å². The molecule has 6 heteroatoms. The molecule has 0 amide bonds. The summed E-state index contributed by atoms with van der Waals surface area (Å²) in [5.74, 6) is -0.346. The van der Waals surface area contributed by atoms with E-state index in [1.165, 1.54) is 12.5 Å². The zero-order valence-electron chi connectivity index (χ0n) is 22.3. The lowest BCUT2D eigenvalue weighted by Crippen LogP contribution is -2.35. The average Bonchev–Trinajstić information content (AvgIpc) is 2.72. The minimum Gasteiger partial charge on any atom is -0.462 e. The van der Waals surface area contributed by atoms with Crippen LogP contribution < -0.4 is 0 Å². The van der Waals surface area contributed by atoms with Crippen LogP contribution in [0, 0.1) is 12.3 Å². The first kappa shape index (κ1) is 29.1. The van der Waals surface area contributed by atoms with Crippen LogP contribution in [0.4, 0.5) is 0 Å². The second kappa shape index (κ2) is 12.2. The molecule has 0 aromatic heterocycles. The Balaban J connectivity index is 2.37. The number of ether oxygens (including phenoxy) is 1. The van der Waals surface area contributed by atoms with E-state index in [2.05, 4.69) is 20.8 Å². The Morgan fingerprint density at radius 1 is 1.09 bits per heavy atom. The van der Waals surface area contributed by atoms with Crippen LogP contribution in [0.15, 0.2) is 63.6 Å². The van der Waals surface area contributed by atoms with Gasteiger partial charge in [-0.2, -0.15) is 0 Å². The molecule has 0 saturated heterocycles. The normalized spacial score (nSPS) is 18.9. The number of rotatable bonds is 10. The van der Waals surface area contributed by atoms with E-state index in [-0.39, 0.29) is 18.0 Å². The van der Waals surface area contributed by atoms with Gasteiger partial charge in [-0.15, -0.1) is 0 Å². The van der Waals surface area contributed by atoms with Gasteiger partial charge >= 0.3 is 5.97 Å². The average molecular weight is 503 g/mol. The van der Waals surface area contributed by atoms with E-state index in [0.717, 1.165) is 41.5 Å². The van der Waals surface area contributed by atoms with E-state index in [1.807, 2.05) is 32.9 Å². The molecule has 2 atom stereocenters. The molecule has 1 aromatic carbocycles. The van der Waals surface area contributed by atoms with Gasteiger partial charge in [0.1, 0.15) is 6.61 Å². The second-order valence-corrected chi connectivity index (χ2v) is 12.8. The lowest BCUT2D eigenvalue weighted by Gasteiger charge is -2.39. The number of aliphatic hydroxyl groups excluding tert-OH is 1. The number of hydrogen-bond donors (Lipinski definition) is 1. The Hall–Kier alpha value is -2.18. The fraction of sp³-hybridized carbons (Fsp3) is 0.552. The Kier molecular flexibility index (Phi) is 10.1. The summed E-state index contributed by atoms with van der Waals surface area (Å²) in [5.41, 5.74) is 4.74. The second-order valence-electron chi connectivity index (χ2n) is 10.6. The number of carbonyl (C=O) groups excluding carboxylic acids is 1. The Morgan fingerprint density at radius 2 is 1.71 bits per heavy atom. The Bertz CT molecular complexity index is 1090. The summed E-state index contributed by atoms with van der Waals surface area (Å²) in [6.07, 6.45) is 6.44. The predicted octanol–water partition coefficient (Wildman–Crippen LogP) is 6.26. The van der Waals surface area contributed by atoms with Crippen LogP contribution in [0.25, 0.3) is 0 Å². The molecule has 35 heavy (non-hydrogen) atoms. The van der Waals surface area contributed by atoms with Crippen LogP contribution in [-0.2, 0) is 19.4 Å². The van der Waals surface area contributed by atoms with E-state index in [0.29, 0.717) is 17.7 Å². The lowest BCUT2D eigenvalue weighted by atomic mass is 9.70. The summed E-state index contributed by atoms with van der Waals surface area (Å²) in [5, 5.41) is 9.96. The van der Waals surface area contributed by atoms with Crippen LogP contribution in [0.1, 0.15) is 79.2 Å². The number of hydrogen-bond acceptors (Lipinski definition) is 5. The van der Waals surface area contributed by atoms with Crippen molar-refractivity contribution >= 4 is 15.8 Å². The van der Waals surface area contributed by atoms with E-state index in [1.54, 1.807) is 24.3 Å². The number of aliphatic hydroxyl groups is 1. The van der Waals surface area contributed by atoms with Gasteiger partial charge in [-0.05, 0) is 89.0 Å². The fourth-order valence-corrected chi connectivity index (χ4v) is 7.23. The van der Waals surface area contributed by atoms with Crippen molar-refractivity contribution in [3.63, 3.8) is 0 Å². The van der Waals surface area contributed by atoms with Gasteiger partial charge in [-0.25, -0.2) is 8.42 Å². The maximum atomic E-state index is 14.0. The van der Waals surface area contributed by atoms with Gasteiger partial charge in [-0.3, -0.25) is 4.79 Å². The van der Waals surface area contributed by atoms with Gasteiger partial charge in [0.15, 0.2) is 9.84 Å². The Morgan fingerprint density at radius 3 is 2.29 bits per heavy atom. The maximum Gasteiger partial charge on any atom is 0.302 e. The molecule has 1 aliphatic carbocycles. The van der Waals surface area contributed by atoms with Crippen molar-refractivity contribution in [1.82, 2.24) is 0 Å². The predicted molar refractivity (Wildman–Crippen MR) is 142 cm³/mol. The zero-order chi connectivity index (χ0) is 26.4. The molecule has 0 saturated carbocycles. The van der Waals surface area contributed by atoms with Crippen molar-refractivity contribution in [1.29, 1.82) is 0 Å². The summed E-state index contributed by atoms with van der Waals surface area (Å²) in [6.45, 7) is 13.6. The van der Waals surface area contributed by atoms with Crippen molar-refractivity contribution < 1.29 is 23.1 Å². The van der Waals surface area contributed by atoms with Gasteiger partial charge in [0, 0.05) is 6.92 Å². The highest BCUT2D eigenvalue weighted by atomic mass is 32.2. The largest absolute Gasteiger partial charge is 0.462 e. The van der Waals surface area contributed by atoms with Crippen LogP contribution in [0.2, 0.25) is 0 Å². The topological polar surface area (TPSA) is 80.7 Å².